The fraction of sp³-hybridized carbons (Fsp3) is 0.733. The number of aryl methyl sites for hydroxylation is 1. The summed E-state index contributed by atoms with van der Waals surface area (Å²) in [5.74, 6) is 0.129. The smallest absolute Gasteiger partial charge is 0.229 e. The fourth-order valence-corrected chi connectivity index (χ4v) is 3.62. The lowest BCUT2D eigenvalue weighted by molar-refractivity contribution is -0.131. The van der Waals surface area contributed by atoms with E-state index < -0.39 is 0 Å². The second kappa shape index (κ2) is 6.22. The lowest BCUT2D eigenvalue weighted by atomic mass is 9.87. The van der Waals surface area contributed by atoms with E-state index in [1.165, 1.54) is 0 Å². The molecule has 5 heteroatoms. The summed E-state index contributed by atoms with van der Waals surface area (Å²) in [6.45, 7) is 7.66. The number of hydrogen-bond acceptors (Lipinski definition) is 4. The lowest BCUT2D eigenvalue weighted by Crippen LogP contribution is -2.38. The van der Waals surface area contributed by atoms with E-state index in [1.807, 2.05) is 10.3 Å². The molecule has 20 heavy (non-hydrogen) atoms. The van der Waals surface area contributed by atoms with E-state index in [0.717, 1.165) is 30.1 Å². The first-order valence-corrected chi connectivity index (χ1v) is 8.17. The Balaban J connectivity index is 2.00. The Bertz CT molecular complexity index is 470. The topological polar surface area (TPSA) is 53.4 Å². The molecule has 1 N–H and O–H groups in total. The number of aromatic nitrogens is 1. The van der Waals surface area contributed by atoms with E-state index in [9.17, 15) is 9.90 Å². The average Bonchev–Trinajstić information content (AvgIpc) is 2.75. The molecule has 4 nitrogen and oxygen atoms in total. The minimum absolute atomic E-state index is 0.0248. The van der Waals surface area contributed by atoms with E-state index in [4.69, 9.17) is 0 Å². The zero-order valence-electron chi connectivity index (χ0n) is 12.6. The highest BCUT2D eigenvalue weighted by molar-refractivity contribution is 7.09. The summed E-state index contributed by atoms with van der Waals surface area (Å²) in [4.78, 5) is 18.8. The van der Waals surface area contributed by atoms with Crippen LogP contribution in [0.15, 0.2) is 5.38 Å². The van der Waals surface area contributed by atoms with Crippen LogP contribution in [0.25, 0.3) is 0 Å². The molecule has 2 rings (SSSR count). The van der Waals surface area contributed by atoms with Gasteiger partial charge in [-0.05, 0) is 24.7 Å². The van der Waals surface area contributed by atoms with Gasteiger partial charge < -0.3 is 10.0 Å². The second-order valence-electron chi connectivity index (χ2n) is 6.39. The minimum atomic E-state index is -0.297. The van der Waals surface area contributed by atoms with Crippen LogP contribution in [-0.2, 0) is 17.6 Å². The molecule has 1 aromatic rings. The first-order chi connectivity index (χ1) is 9.39. The van der Waals surface area contributed by atoms with E-state index in [-0.39, 0.29) is 17.4 Å². The van der Waals surface area contributed by atoms with Gasteiger partial charge in [-0.1, -0.05) is 20.8 Å². The maximum Gasteiger partial charge on any atom is 0.229 e. The van der Waals surface area contributed by atoms with Crippen LogP contribution in [0.1, 0.15) is 44.3 Å². The number of amides is 1. The van der Waals surface area contributed by atoms with Crippen molar-refractivity contribution in [2.24, 2.45) is 5.41 Å². The van der Waals surface area contributed by atoms with Crippen molar-refractivity contribution in [1.29, 1.82) is 0 Å². The van der Waals surface area contributed by atoms with Crippen LogP contribution in [-0.4, -0.2) is 40.1 Å². The summed E-state index contributed by atoms with van der Waals surface area (Å²) in [6, 6.07) is 0. The Labute approximate surface area is 124 Å². The van der Waals surface area contributed by atoms with Gasteiger partial charge in [-0.2, -0.15) is 0 Å². The molecular weight excluding hydrogens is 272 g/mol. The number of thiazole rings is 1. The first kappa shape index (κ1) is 15.4. The normalized spacial score (nSPS) is 22.6. The summed E-state index contributed by atoms with van der Waals surface area (Å²) in [6.07, 6.45) is 2.43. The van der Waals surface area contributed by atoms with E-state index in [0.29, 0.717) is 19.4 Å². The maximum absolute atomic E-state index is 12.4. The van der Waals surface area contributed by atoms with Crippen LogP contribution < -0.4 is 0 Å². The van der Waals surface area contributed by atoms with Crippen molar-refractivity contribution in [3.63, 3.8) is 0 Å². The number of carbonyl (C=O) groups excluding carboxylic acids is 1. The summed E-state index contributed by atoms with van der Waals surface area (Å²) < 4.78 is 0. The summed E-state index contributed by atoms with van der Waals surface area (Å²) in [5.41, 5.74) is 1.03. The van der Waals surface area contributed by atoms with Crippen LogP contribution in [0.5, 0.6) is 0 Å². The molecule has 2 heterocycles. The predicted molar refractivity (Wildman–Crippen MR) is 80.8 cm³/mol. The average molecular weight is 296 g/mol. The van der Waals surface area contributed by atoms with Gasteiger partial charge in [0, 0.05) is 18.5 Å². The summed E-state index contributed by atoms with van der Waals surface area (Å²) in [5, 5.41) is 12.8. The maximum atomic E-state index is 12.4. The number of aliphatic hydroxyl groups excluding tert-OH is 1. The van der Waals surface area contributed by atoms with Crippen molar-refractivity contribution in [2.75, 3.05) is 13.1 Å². The monoisotopic (exact) mass is 296 g/mol. The molecule has 0 bridgehead atoms. The molecule has 1 saturated heterocycles. The molecule has 1 amide bonds. The highest BCUT2D eigenvalue weighted by Crippen LogP contribution is 2.28. The van der Waals surface area contributed by atoms with Crippen molar-refractivity contribution < 1.29 is 9.90 Å². The fourth-order valence-electron chi connectivity index (χ4n) is 2.75. The number of likely N-dealkylation sites (tertiary alicyclic amines) is 1. The van der Waals surface area contributed by atoms with Crippen LogP contribution in [0, 0.1) is 5.41 Å². The molecule has 0 aromatic carbocycles. The standard InChI is InChI=1S/C15H24N2O2S/c1-4-11-9-20-13(16-11)7-14(19)17-6-5-12(18)8-15(2,3)10-17/h9,12,18H,4-8,10H2,1-3H3. The van der Waals surface area contributed by atoms with Gasteiger partial charge in [0.2, 0.25) is 5.91 Å². The Morgan fingerprint density at radius 2 is 2.35 bits per heavy atom. The predicted octanol–water partition coefficient (Wildman–Crippen LogP) is 2.26. The van der Waals surface area contributed by atoms with E-state index in [2.05, 4.69) is 25.8 Å². The summed E-state index contributed by atoms with van der Waals surface area (Å²) >= 11 is 1.56. The summed E-state index contributed by atoms with van der Waals surface area (Å²) in [7, 11) is 0. The van der Waals surface area contributed by atoms with E-state index >= 15 is 0 Å². The van der Waals surface area contributed by atoms with Crippen molar-refractivity contribution in [3.8, 4) is 0 Å². The Morgan fingerprint density at radius 3 is 3.00 bits per heavy atom. The molecule has 0 aliphatic carbocycles. The van der Waals surface area contributed by atoms with Crippen LogP contribution in [0.4, 0.5) is 0 Å². The van der Waals surface area contributed by atoms with E-state index in [1.54, 1.807) is 11.3 Å². The zero-order valence-corrected chi connectivity index (χ0v) is 13.4. The molecule has 1 unspecified atom stereocenters. The van der Waals surface area contributed by atoms with Gasteiger partial charge in [-0.25, -0.2) is 4.98 Å². The molecule has 0 spiro atoms. The number of carbonyl (C=O) groups is 1. The van der Waals surface area contributed by atoms with Gasteiger partial charge in [0.25, 0.3) is 0 Å². The molecule has 1 aliphatic heterocycles. The molecule has 1 aliphatic rings. The van der Waals surface area contributed by atoms with Crippen molar-refractivity contribution in [3.05, 3.63) is 16.1 Å². The van der Waals surface area contributed by atoms with Crippen molar-refractivity contribution in [1.82, 2.24) is 9.88 Å². The molecule has 1 aromatic heterocycles. The SMILES string of the molecule is CCc1csc(CC(=O)N2CCC(O)CC(C)(C)C2)n1. The third-order valence-electron chi connectivity index (χ3n) is 3.76. The van der Waals surface area contributed by atoms with Gasteiger partial charge in [-0.3, -0.25) is 4.79 Å². The molecular formula is C15H24N2O2S. The highest BCUT2D eigenvalue weighted by atomic mass is 32.1. The third-order valence-corrected chi connectivity index (χ3v) is 4.65. The minimum Gasteiger partial charge on any atom is -0.393 e. The Hall–Kier alpha value is -0.940. The largest absolute Gasteiger partial charge is 0.393 e. The highest BCUT2D eigenvalue weighted by Gasteiger charge is 2.31. The molecule has 0 saturated carbocycles. The molecule has 1 fully saturated rings. The quantitative estimate of drug-likeness (QED) is 0.931. The number of aliphatic hydroxyl groups is 1. The van der Waals surface area contributed by atoms with Crippen molar-refractivity contribution in [2.45, 2.75) is 52.6 Å². The van der Waals surface area contributed by atoms with Crippen LogP contribution in [0.2, 0.25) is 0 Å². The van der Waals surface area contributed by atoms with Crippen LogP contribution in [0.3, 0.4) is 0 Å². The molecule has 112 valence electrons. The Kier molecular flexibility index (Phi) is 4.81. The van der Waals surface area contributed by atoms with Gasteiger partial charge in [0.1, 0.15) is 5.01 Å². The molecule has 1 atom stereocenters. The number of rotatable bonds is 3. The van der Waals surface area contributed by atoms with Gasteiger partial charge >= 0.3 is 0 Å². The third kappa shape index (κ3) is 4.03. The Morgan fingerprint density at radius 1 is 1.60 bits per heavy atom. The number of nitrogens with zero attached hydrogens (tertiary/aromatic N) is 2. The first-order valence-electron chi connectivity index (χ1n) is 7.29. The zero-order chi connectivity index (χ0) is 14.8. The van der Waals surface area contributed by atoms with Crippen LogP contribution >= 0.6 is 11.3 Å². The van der Waals surface area contributed by atoms with Gasteiger partial charge in [0.05, 0.1) is 18.2 Å². The lowest BCUT2D eigenvalue weighted by Gasteiger charge is -2.29. The van der Waals surface area contributed by atoms with Gasteiger partial charge in [-0.15, -0.1) is 11.3 Å². The van der Waals surface area contributed by atoms with Gasteiger partial charge in [0.15, 0.2) is 0 Å². The van der Waals surface area contributed by atoms with Crippen molar-refractivity contribution >= 4 is 17.2 Å². The molecule has 0 radical (unpaired) electrons. The number of hydrogen-bond donors (Lipinski definition) is 1. The second-order valence-corrected chi connectivity index (χ2v) is 7.33.